The molecule has 1 atom stereocenters. The van der Waals surface area contributed by atoms with Gasteiger partial charge < -0.3 is 14.8 Å². The molecule has 90 valence electrons. The number of fused-ring (bicyclic) bond motifs is 1. The highest BCUT2D eigenvalue weighted by atomic mass is 32.2. The lowest BCUT2D eigenvalue weighted by molar-refractivity contribution is 0.174. The maximum absolute atomic E-state index is 5.34. The number of anilines is 1. The van der Waals surface area contributed by atoms with Crippen LogP contribution in [-0.4, -0.2) is 23.8 Å². The third-order valence-electron chi connectivity index (χ3n) is 2.81. The number of hydrogen-bond acceptors (Lipinski definition) is 5. The smallest absolute Gasteiger partial charge is 0.231 e. The van der Waals surface area contributed by atoms with Gasteiger partial charge in [0.05, 0.1) is 6.04 Å². The molecule has 1 aromatic rings. The van der Waals surface area contributed by atoms with Crippen molar-refractivity contribution in [3.05, 3.63) is 18.2 Å². The number of hydrogen-bond donors (Lipinski definition) is 1. The lowest BCUT2D eigenvalue weighted by atomic mass is 10.3. The van der Waals surface area contributed by atoms with Gasteiger partial charge in [-0.15, -0.1) is 0 Å². The number of thioether (sulfide) groups is 1. The van der Waals surface area contributed by atoms with Crippen molar-refractivity contribution in [2.45, 2.75) is 19.4 Å². The van der Waals surface area contributed by atoms with E-state index in [-0.39, 0.29) is 0 Å². The van der Waals surface area contributed by atoms with Crippen molar-refractivity contribution in [1.29, 1.82) is 0 Å². The molecular formula is C12H14N2O2S. The molecule has 0 aliphatic carbocycles. The van der Waals surface area contributed by atoms with E-state index in [1.54, 1.807) is 11.8 Å². The zero-order chi connectivity index (χ0) is 11.7. The minimum absolute atomic E-state index is 0.312. The molecule has 0 saturated carbocycles. The van der Waals surface area contributed by atoms with Crippen LogP contribution in [0.2, 0.25) is 0 Å². The van der Waals surface area contributed by atoms with Gasteiger partial charge in [-0.2, -0.15) is 0 Å². The van der Waals surface area contributed by atoms with E-state index in [4.69, 9.17) is 9.47 Å². The van der Waals surface area contributed by atoms with Gasteiger partial charge in [0.1, 0.15) is 0 Å². The van der Waals surface area contributed by atoms with Crippen LogP contribution in [0.3, 0.4) is 0 Å². The van der Waals surface area contributed by atoms with Crippen molar-refractivity contribution in [2.75, 3.05) is 17.9 Å². The molecule has 2 aliphatic heterocycles. The highest BCUT2D eigenvalue weighted by molar-refractivity contribution is 8.14. The summed E-state index contributed by atoms with van der Waals surface area (Å²) in [4.78, 5) is 4.59. The standard InChI is InChI=1S/C12H14N2O2S/c1-2-8-6-17-12(13-8)14-9-3-4-10-11(5-9)16-7-15-10/h3-5,8H,2,6-7H2,1H3,(H,13,14). The van der Waals surface area contributed by atoms with E-state index >= 15 is 0 Å². The van der Waals surface area contributed by atoms with Crippen LogP contribution in [0.4, 0.5) is 5.69 Å². The largest absolute Gasteiger partial charge is 0.454 e. The highest BCUT2D eigenvalue weighted by Crippen LogP contribution is 2.34. The van der Waals surface area contributed by atoms with Crippen LogP contribution in [0, 0.1) is 0 Å². The van der Waals surface area contributed by atoms with E-state index in [0.717, 1.165) is 34.5 Å². The molecule has 0 amide bonds. The third-order valence-corrected chi connectivity index (χ3v) is 3.84. The normalized spacial score (nSPS) is 21.5. The number of amidine groups is 1. The molecule has 2 aliphatic rings. The molecule has 2 heterocycles. The number of nitrogens with zero attached hydrogens (tertiary/aromatic N) is 1. The van der Waals surface area contributed by atoms with Gasteiger partial charge in [0.25, 0.3) is 0 Å². The monoisotopic (exact) mass is 250 g/mol. The second-order valence-corrected chi connectivity index (χ2v) is 5.01. The molecule has 0 aromatic heterocycles. The number of benzene rings is 1. The van der Waals surface area contributed by atoms with Gasteiger partial charge in [-0.3, -0.25) is 4.99 Å². The van der Waals surface area contributed by atoms with Crippen LogP contribution in [-0.2, 0) is 0 Å². The Morgan fingerprint density at radius 1 is 1.41 bits per heavy atom. The van der Waals surface area contributed by atoms with E-state index in [1.165, 1.54) is 0 Å². The average Bonchev–Trinajstić information content (AvgIpc) is 2.96. The van der Waals surface area contributed by atoms with Crippen LogP contribution in [0.15, 0.2) is 23.2 Å². The van der Waals surface area contributed by atoms with E-state index < -0.39 is 0 Å². The third kappa shape index (κ3) is 2.20. The topological polar surface area (TPSA) is 42.8 Å². The molecule has 0 fully saturated rings. The Labute approximate surface area is 104 Å². The first-order valence-corrected chi connectivity index (χ1v) is 6.71. The van der Waals surface area contributed by atoms with Gasteiger partial charge in [-0.05, 0) is 18.6 Å². The summed E-state index contributed by atoms with van der Waals surface area (Å²) in [5, 5.41) is 4.31. The van der Waals surface area contributed by atoms with Gasteiger partial charge in [-0.25, -0.2) is 0 Å². The Hall–Kier alpha value is -1.36. The zero-order valence-electron chi connectivity index (χ0n) is 9.60. The molecule has 0 bridgehead atoms. The molecule has 0 spiro atoms. The van der Waals surface area contributed by atoms with E-state index in [0.29, 0.717) is 12.8 Å². The predicted molar refractivity (Wildman–Crippen MR) is 70.2 cm³/mol. The predicted octanol–water partition coefficient (Wildman–Crippen LogP) is 2.71. The van der Waals surface area contributed by atoms with Gasteiger partial charge in [-0.1, -0.05) is 18.7 Å². The number of ether oxygens (including phenoxy) is 2. The first-order chi connectivity index (χ1) is 8.35. The molecule has 4 nitrogen and oxygen atoms in total. The second kappa shape index (κ2) is 4.49. The van der Waals surface area contributed by atoms with Crippen molar-refractivity contribution in [2.24, 2.45) is 4.99 Å². The summed E-state index contributed by atoms with van der Waals surface area (Å²) < 4.78 is 10.6. The van der Waals surface area contributed by atoms with Crippen LogP contribution in [0.25, 0.3) is 0 Å². The van der Waals surface area contributed by atoms with Crippen LogP contribution in [0.1, 0.15) is 13.3 Å². The van der Waals surface area contributed by atoms with Crippen LogP contribution in [0.5, 0.6) is 11.5 Å². The zero-order valence-corrected chi connectivity index (χ0v) is 10.4. The maximum atomic E-state index is 5.34. The highest BCUT2D eigenvalue weighted by Gasteiger charge is 2.18. The van der Waals surface area contributed by atoms with Crippen molar-refractivity contribution in [3.8, 4) is 11.5 Å². The lowest BCUT2D eigenvalue weighted by Crippen LogP contribution is -2.05. The number of nitrogens with one attached hydrogen (secondary N) is 1. The Balaban J connectivity index is 1.73. The van der Waals surface area contributed by atoms with Crippen LogP contribution < -0.4 is 14.8 Å². The van der Waals surface area contributed by atoms with Crippen molar-refractivity contribution >= 4 is 22.6 Å². The average molecular weight is 250 g/mol. The Bertz CT molecular complexity index is 462. The number of rotatable bonds is 2. The molecule has 0 radical (unpaired) electrons. The summed E-state index contributed by atoms with van der Waals surface area (Å²) in [5.41, 5.74) is 0.997. The fraction of sp³-hybridized carbons (Fsp3) is 0.417. The molecule has 1 unspecified atom stereocenters. The fourth-order valence-electron chi connectivity index (χ4n) is 1.79. The molecule has 3 rings (SSSR count). The van der Waals surface area contributed by atoms with Gasteiger partial charge in [0.15, 0.2) is 16.7 Å². The van der Waals surface area contributed by atoms with E-state index in [9.17, 15) is 0 Å². The van der Waals surface area contributed by atoms with Gasteiger partial charge >= 0.3 is 0 Å². The van der Waals surface area contributed by atoms with Crippen molar-refractivity contribution in [1.82, 2.24) is 0 Å². The molecule has 5 heteroatoms. The van der Waals surface area contributed by atoms with Crippen molar-refractivity contribution in [3.63, 3.8) is 0 Å². The number of aliphatic imine (C=N–C) groups is 1. The Morgan fingerprint density at radius 2 is 2.29 bits per heavy atom. The Kier molecular flexibility index (Phi) is 2.84. The Morgan fingerprint density at radius 3 is 3.12 bits per heavy atom. The minimum atomic E-state index is 0.312. The van der Waals surface area contributed by atoms with Gasteiger partial charge in [0, 0.05) is 17.5 Å². The van der Waals surface area contributed by atoms with E-state index in [1.807, 2.05) is 18.2 Å². The lowest BCUT2D eigenvalue weighted by Gasteiger charge is -2.05. The molecule has 1 aromatic carbocycles. The van der Waals surface area contributed by atoms with Crippen molar-refractivity contribution < 1.29 is 9.47 Å². The summed E-state index contributed by atoms with van der Waals surface area (Å²) in [6.07, 6.45) is 1.10. The summed E-state index contributed by atoms with van der Waals surface area (Å²) in [6, 6.07) is 6.31. The van der Waals surface area contributed by atoms with Crippen LogP contribution >= 0.6 is 11.8 Å². The quantitative estimate of drug-likeness (QED) is 0.876. The fourth-order valence-corrected chi connectivity index (χ4v) is 2.86. The summed E-state index contributed by atoms with van der Waals surface area (Å²) in [5.74, 6) is 2.68. The summed E-state index contributed by atoms with van der Waals surface area (Å²) in [6.45, 7) is 2.48. The molecule has 17 heavy (non-hydrogen) atoms. The maximum Gasteiger partial charge on any atom is 0.231 e. The molecule has 0 saturated heterocycles. The molecule has 1 N–H and O–H groups in total. The SMILES string of the molecule is CCC1CSC(Nc2ccc3c(c2)OCO3)=N1. The van der Waals surface area contributed by atoms with Gasteiger partial charge in [0.2, 0.25) is 6.79 Å². The first kappa shape index (κ1) is 10.8. The summed E-state index contributed by atoms with van der Waals surface area (Å²) >= 11 is 1.77. The first-order valence-electron chi connectivity index (χ1n) is 5.72. The second-order valence-electron chi connectivity index (χ2n) is 4.00. The van der Waals surface area contributed by atoms with E-state index in [2.05, 4.69) is 17.2 Å². The summed E-state index contributed by atoms with van der Waals surface area (Å²) in [7, 11) is 0. The molecular weight excluding hydrogens is 236 g/mol. The minimum Gasteiger partial charge on any atom is -0.454 e.